The van der Waals surface area contributed by atoms with E-state index in [1.807, 2.05) is 6.26 Å². The molecule has 2 nitrogen and oxygen atoms in total. The molecule has 1 rings (SSSR count). The van der Waals surface area contributed by atoms with Crippen LogP contribution in [0.5, 0.6) is 5.75 Å². The minimum absolute atomic E-state index is 0.145. The molecule has 0 heterocycles. The first kappa shape index (κ1) is 14.2. The molecule has 0 aromatic heterocycles. The summed E-state index contributed by atoms with van der Waals surface area (Å²) in [6.07, 6.45) is -2.76. The van der Waals surface area contributed by atoms with Crippen molar-refractivity contribution in [1.29, 1.82) is 0 Å². The highest BCUT2D eigenvalue weighted by atomic mass is 32.2. The van der Waals surface area contributed by atoms with Crippen molar-refractivity contribution in [2.24, 2.45) is 0 Å². The van der Waals surface area contributed by atoms with E-state index in [1.165, 1.54) is 12.1 Å². The lowest BCUT2D eigenvalue weighted by Gasteiger charge is -2.19. The molecule has 0 saturated carbocycles. The van der Waals surface area contributed by atoms with Gasteiger partial charge >= 0.3 is 6.36 Å². The van der Waals surface area contributed by atoms with Gasteiger partial charge in [0.05, 0.1) is 0 Å². The Morgan fingerprint density at radius 3 is 2.53 bits per heavy atom. The first-order valence-corrected chi connectivity index (χ1v) is 6.38. The number of alkyl halides is 3. The Balaban J connectivity index is 2.97. The Hall–Kier alpha value is -0.880. The summed E-state index contributed by atoms with van der Waals surface area (Å²) in [7, 11) is 1.71. The maximum atomic E-state index is 12.2. The molecule has 0 saturated heterocycles. The summed E-state index contributed by atoms with van der Waals surface area (Å²) in [6, 6.07) is 6.02. The van der Waals surface area contributed by atoms with Crippen LogP contribution in [0.3, 0.4) is 0 Å². The van der Waals surface area contributed by atoms with Crippen molar-refractivity contribution >= 4 is 11.8 Å². The molecule has 17 heavy (non-hydrogen) atoms. The minimum atomic E-state index is -4.66. The van der Waals surface area contributed by atoms with E-state index in [4.69, 9.17) is 0 Å². The third-order valence-electron chi connectivity index (χ3n) is 2.20. The largest absolute Gasteiger partial charge is 0.573 e. The highest BCUT2D eigenvalue weighted by Crippen LogP contribution is 2.31. The van der Waals surface area contributed by atoms with Gasteiger partial charge in [0.1, 0.15) is 5.75 Å². The van der Waals surface area contributed by atoms with Gasteiger partial charge in [-0.05, 0) is 19.4 Å². The highest BCUT2D eigenvalue weighted by Gasteiger charge is 2.32. The first-order chi connectivity index (χ1) is 7.98. The van der Waals surface area contributed by atoms with Gasteiger partial charge in [0.2, 0.25) is 0 Å². The van der Waals surface area contributed by atoms with Crippen LogP contribution in [-0.4, -0.2) is 25.4 Å². The zero-order chi connectivity index (χ0) is 12.9. The number of benzene rings is 1. The molecule has 1 atom stereocenters. The van der Waals surface area contributed by atoms with Crippen LogP contribution < -0.4 is 10.1 Å². The third kappa shape index (κ3) is 4.47. The predicted octanol–water partition coefficient (Wildman–Crippen LogP) is 3.21. The van der Waals surface area contributed by atoms with Crippen LogP contribution in [-0.2, 0) is 0 Å². The Kier molecular flexibility index (Phi) is 5.14. The van der Waals surface area contributed by atoms with Crippen molar-refractivity contribution in [2.45, 2.75) is 12.4 Å². The summed E-state index contributed by atoms with van der Waals surface area (Å²) < 4.78 is 40.7. The summed E-state index contributed by atoms with van der Waals surface area (Å²) in [5, 5.41) is 2.98. The van der Waals surface area contributed by atoms with Crippen LogP contribution in [0.2, 0.25) is 0 Å². The van der Waals surface area contributed by atoms with E-state index in [0.29, 0.717) is 11.3 Å². The SMILES string of the molecule is CNC(CSC)c1ccccc1OC(F)(F)F. The van der Waals surface area contributed by atoms with Crippen molar-refractivity contribution in [1.82, 2.24) is 5.32 Å². The van der Waals surface area contributed by atoms with Gasteiger partial charge in [0.25, 0.3) is 0 Å². The van der Waals surface area contributed by atoms with Crippen molar-refractivity contribution in [3.8, 4) is 5.75 Å². The number of halogens is 3. The number of rotatable bonds is 5. The topological polar surface area (TPSA) is 21.3 Å². The second-order valence-electron chi connectivity index (χ2n) is 3.38. The molecular weight excluding hydrogens is 251 g/mol. The van der Waals surface area contributed by atoms with Crippen LogP contribution >= 0.6 is 11.8 Å². The van der Waals surface area contributed by atoms with E-state index in [-0.39, 0.29) is 11.8 Å². The number of para-hydroxylation sites is 1. The molecule has 96 valence electrons. The van der Waals surface area contributed by atoms with Crippen LogP contribution in [0.15, 0.2) is 24.3 Å². The van der Waals surface area contributed by atoms with Gasteiger partial charge < -0.3 is 10.1 Å². The van der Waals surface area contributed by atoms with Crippen LogP contribution in [0, 0.1) is 0 Å². The number of hydrogen-bond donors (Lipinski definition) is 1. The Morgan fingerprint density at radius 1 is 1.35 bits per heavy atom. The maximum absolute atomic E-state index is 12.2. The quantitative estimate of drug-likeness (QED) is 0.883. The smallest absolute Gasteiger partial charge is 0.405 e. The van der Waals surface area contributed by atoms with E-state index >= 15 is 0 Å². The highest BCUT2D eigenvalue weighted by molar-refractivity contribution is 7.98. The standard InChI is InChI=1S/C11H14F3NOS/c1-15-9(7-17-2)8-5-3-4-6-10(8)16-11(12,13)14/h3-6,9,15H,7H2,1-2H3. The molecule has 0 amide bonds. The van der Waals surface area contributed by atoms with Gasteiger partial charge in [-0.3, -0.25) is 0 Å². The van der Waals surface area contributed by atoms with Gasteiger partial charge in [-0.25, -0.2) is 0 Å². The monoisotopic (exact) mass is 265 g/mol. The zero-order valence-corrected chi connectivity index (χ0v) is 10.4. The molecule has 0 fully saturated rings. The molecule has 1 unspecified atom stereocenters. The van der Waals surface area contributed by atoms with Crippen molar-refractivity contribution in [2.75, 3.05) is 19.1 Å². The average Bonchev–Trinajstić information content (AvgIpc) is 2.25. The molecule has 0 radical (unpaired) electrons. The molecule has 0 aliphatic heterocycles. The summed E-state index contributed by atoms with van der Waals surface area (Å²) in [5.74, 6) is 0.530. The van der Waals surface area contributed by atoms with E-state index < -0.39 is 6.36 Å². The van der Waals surface area contributed by atoms with E-state index in [9.17, 15) is 13.2 Å². The lowest BCUT2D eigenvalue weighted by molar-refractivity contribution is -0.275. The molecule has 1 aromatic carbocycles. The Morgan fingerprint density at radius 2 is 2.00 bits per heavy atom. The van der Waals surface area contributed by atoms with E-state index in [1.54, 1.807) is 30.9 Å². The molecule has 1 N–H and O–H groups in total. The maximum Gasteiger partial charge on any atom is 0.573 e. The van der Waals surface area contributed by atoms with Crippen LogP contribution in [0.25, 0.3) is 0 Å². The lowest BCUT2D eigenvalue weighted by Crippen LogP contribution is -2.23. The molecule has 0 aliphatic carbocycles. The lowest BCUT2D eigenvalue weighted by atomic mass is 10.1. The van der Waals surface area contributed by atoms with Crippen molar-refractivity contribution in [3.63, 3.8) is 0 Å². The van der Waals surface area contributed by atoms with Gasteiger partial charge in [-0.2, -0.15) is 11.8 Å². The molecule has 1 aromatic rings. The fourth-order valence-corrected chi connectivity index (χ4v) is 2.16. The number of thioether (sulfide) groups is 1. The number of nitrogens with one attached hydrogen (secondary N) is 1. The van der Waals surface area contributed by atoms with E-state index in [0.717, 1.165) is 0 Å². The van der Waals surface area contributed by atoms with Gasteiger partial charge in [0, 0.05) is 17.4 Å². The van der Waals surface area contributed by atoms with Gasteiger partial charge in [-0.15, -0.1) is 13.2 Å². The number of hydrogen-bond acceptors (Lipinski definition) is 3. The second-order valence-corrected chi connectivity index (χ2v) is 4.29. The molecular formula is C11H14F3NOS. The average molecular weight is 265 g/mol. The van der Waals surface area contributed by atoms with Gasteiger partial charge in [-0.1, -0.05) is 18.2 Å². The predicted molar refractivity (Wildman–Crippen MR) is 63.3 cm³/mol. The molecule has 6 heteroatoms. The van der Waals surface area contributed by atoms with Crippen molar-refractivity contribution in [3.05, 3.63) is 29.8 Å². The summed E-state index contributed by atoms with van der Waals surface area (Å²) >= 11 is 1.56. The number of ether oxygens (including phenoxy) is 1. The van der Waals surface area contributed by atoms with Gasteiger partial charge in [0.15, 0.2) is 0 Å². The van der Waals surface area contributed by atoms with Crippen LogP contribution in [0.4, 0.5) is 13.2 Å². The Bertz CT molecular complexity index is 357. The third-order valence-corrected chi connectivity index (χ3v) is 2.87. The first-order valence-electron chi connectivity index (χ1n) is 4.99. The Labute approximate surface area is 103 Å². The zero-order valence-electron chi connectivity index (χ0n) is 9.54. The second kappa shape index (κ2) is 6.16. The normalized spacial score (nSPS) is 13.5. The fraction of sp³-hybridized carbons (Fsp3) is 0.455. The summed E-state index contributed by atoms with van der Waals surface area (Å²) in [4.78, 5) is 0. The minimum Gasteiger partial charge on any atom is -0.405 e. The molecule has 0 spiro atoms. The molecule has 0 aliphatic rings. The summed E-state index contributed by atoms with van der Waals surface area (Å²) in [6.45, 7) is 0. The van der Waals surface area contributed by atoms with Crippen molar-refractivity contribution < 1.29 is 17.9 Å². The molecule has 0 bridgehead atoms. The fourth-order valence-electron chi connectivity index (χ4n) is 1.48. The van der Waals surface area contributed by atoms with Crippen LogP contribution in [0.1, 0.15) is 11.6 Å². The summed E-state index contributed by atoms with van der Waals surface area (Å²) in [5.41, 5.74) is 0.515. The van der Waals surface area contributed by atoms with E-state index in [2.05, 4.69) is 10.1 Å².